The van der Waals surface area contributed by atoms with E-state index in [9.17, 15) is 8.42 Å². The minimum atomic E-state index is -3.32. The van der Waals surface area contributed by atoms with Gasteiger partial charge in [-0.1, -0.05) is 42.0 Å². The molecule has 0 saturated carbocycles. The number of rotatable bonds is 8. The molecular weight excluding hydrogens is 374 g/mol. The molecule has 0 bridgehead atoms. The monoisotopic (exact) mass is 403 g/mol. The molecule has 0 aliphatic carbocycles. The van der Waals surface area contributed by atoms with E-state index in [4.69, 9.17) is 4.74 Å². The lowest BCUT2D eigenvalue weighted by molar-refractivity contribution is 0.261. The fraction of sp³-hybridized carbons (Fsp3) is 0.429. The van der Waals surface area contributed by atoms with Crippen molar-refractivity contribution in [2.24, 2.45) is 0 Å². The first-order valence-corrected chi connectivity index (χ1v) is 11.3. The van der Waals surface area contributed by atoms with Crippen LogP contribution in [0.4, 0.5) is 5.69 Å². The van der Waals surface area contributed by atoms with Gasteiger partial charge in [-0.2, -0.15) is 0 Å². The quantitative estimate of drug-likeness (QED) is 0.733. The highest BCUT2D eigenvalue weighted by Gasteiger charge is 2.20. The van der Waals surface area contributed by atoms with Gasteiger partial charge < -0.3 is 9.64 Å². The van der Waals surface area contributed by atoms with Crippen molar-refractivity contribution in [2.75, 3.05) is 51.3 Å². The SMILES string of the molecule is COc1ccccc1N1CCN(CCNS(=O)(=O)Cc2cccc(C)c2)CC1. The van der Waals surface area contributed by atoms with Gasteiger partial charge in [-0.15, -0.1) is 0 Å². The number of nitrogens with zero attached hydrogens (tertiary/aromatic N) is 2. The largest absolute Gasteiger partial charge is 0.495 e. The summed E-state index contributed by atoms with van der Waals surface area (Å²) >= 11 is 0. The molecule has 28 heavy (non-hydrogen) atoms. The minimum Gasteiger partial charge on any atom is -0.495 e. The molecule has 2 aromatic rings. The summed E-state index contributed by atoms with van der Waals surface area (Å²) < 4.78 is 32.8. The molecule has 1 aliphatic rings. The van der Waals surface area contributed by atoms with Crippen molar-refractivity contribution < 1.29 is 13.2 Å². The van der Waals surface area contributed by atoms with Crippen LogP contribution in [-0.4, -0.2) is 59.7 Å². The van der Waals surface area contributed by atoms with Crippen molar-refractivity contribution >= 4 is 15.7 Å². The zero-order chi connectivity index (χ0) is 20.0. The molecule has 0 radical (unpaired) electrons. The highest BCUT2D eigenvalue weighted by atomic mass is 32.2. The molecule has 1 heterocycles. The summed E-state index contributed by atoms with van der Waals surface area (Å²) in [6.45, 7) is 6.71. The molecule has 152 valence electrons. The maximum atomic E-state index is 12.3. The number of benzene rings is 2. The van der Waals surface area contributed by atoms with Gasteiger partial charge in [0.05, 0.1) is 18.6 Å². The third-order valence-corrected chi connectivity index (χ3v) is 6.34. The molecule has 1 aliphatic heterocycles. The van der Waals surface area contributed by atoms with E-state index >= 15 is 0 Å². The molecule has 1 saturated heterocycles. The molecular formula is C21H29N3O3S. The Bertz CT molecular complexity index is 878. The number of hydrogen-bond donors (Lipinski definition) is 1. The summed E-state index contributed by atoms with van der Waals surface area (Å²) in [5.41, 5.74) is 3.00. The number of sulfonamides is 1. The van der Waals surface area contributed by atoms with Crippen LogP contribution in [0.1, 0.15) is 11.1 Å². The summed E-state index contributed by atoms with van der Waals surface area (Å²) in [6, 6.07) is 15.7. The highest BCUT2D eigenvalue weighted by molar-refractivity contribution is 7.88. The zero-order valence-corrected chi connectivity index (χ0v) is 17.4. The smallest absolute Gasteiger partial charge is 0.215 e. The van der Waals surface area contributed by atoms with Gasteiger partial charge in [0.2, 0.25) is 10.0 Å². The molecule has 7 heteroatoms. The van der Waals surface area contributed by atoms with Crippen LogP contribution in [0.2, 0.25) is 0 Å². The van der Waals surface area contributed by atoms with E-state index in [1.54, 1.807) is 7.11 Å². The average molecular weight is 404 g/mol. The van der Waals surface area contributed by atoms with Crippen LogP contribution < -0.4 is 14.4 Å². The lowest BCUT2D eigenvalue weighted by atomic mass is 10.2. The number of nitrogens with one attached hydrogen (secondary N) is 1. The molecule has 0 amide bonds. The first-order chi connectivity index (χ1) is 13.5. The maximum Gasteiger partial charge on any atom is 0.215 e. The number of methoxy groups -OCH3 is 1. The lowest BCUT2D eigenvalue weighted by Crippen LogP contribution is -2.48. The van der Waals surface area contributed by atoms with Crippen LogP contribution in [-0.2, 0) is 15.8 Å². The number of anilines is 1. The third kappa shape index (κ3) is 5.70. The fourth-order valence-corrected chi connectivity index (χ4v) is 4.66. The Labute approximate surface area is 168 Å². The topological polar surface area (TPSA) is 61.9 Å². The molecule has 1 N–H and O–H groups in total. The van der Waals surface area contributed by atoms with Gasteiger partial charge >= 0.3 is 0 Å². The van der Waals surface area contributed by atoms with Gasteiger partial charge in [-0.05, 0) is 24.6 Å². The van der Waals surface area contributed by atoms with Gasteiger partial charge in [-0.3, -0.25) is 4.90 Å². The van der Waals surface area contributed by atoms with Crippen LogP contribution >= 0.6 is 0 Å². The minimum absolute atomic E-state index is 0.0241. The maximum absolute atomic E-state index is 12.3. The average Bonchev–Trinajstić information content (AvgIpc) is 2.68. The summed E-state index contributed by atoms with van der Waals surface area (Å²) in [5.74, 6) is 0.913. The van der Waals surface area contributed by atoms with E-state index in [2.05, 4.69) is 20.6 Å². The summed E-state index contributed by atoms with van der Waals surface area (Å²) in [4.78, 5) is 4.61. The Morgan fingerprint density at radius 2 is 1.79 bits per heavy atom. The van der Waals surface area contributed by atoms with Gasteiger partial charge in [0, 0.05) is 39.3 Å². The van der Waals surface area contributed by atoms with Crippen LogP contribution in [0.25, 0.3) is 0 Å². The molecule has 0 aromatic heterocycles. The highest BCUT2D eigenvalue weighted by Crippen LogP contribution is 2.28. The second-order valence-corrected chi connectivity index (χ2v) is 8.95. The molecule has 0 atom stereocenters. The predicted octanol–water partition coefficient (Wildman–Crippen LogP) is 2.25. The zero-order valence-electron chi connectivity index (χ0n) is 16.6. The first-order valence-electron chi connectivity index (χ1n) is 9.60. The number of aryl methyl sites for hydroxylation is 1. The summed E-state index contributed by atoms with van der Waals surface area (Å²) in [7, 11) is -1.63. The van der Waals surface area contributed by atoms with Crippen molar-refractivity contribution in [3.8, 4) is 5.75 Å². The second kappa shape index (κ2) is 9.41. The van der Waals surface area contributed by atoms with E-state index in [1.807, 2.05) is 49.4 Å². The van der Waals surface area contributed by atoms with Crippen LogP contribution in [0.15, 0.2) is 48.5 Å². The Kier molecular flexibility index (Phi) is 6.93. The van der Waals surface area contributed by atoms with Crippen LogP contribution in [0.3, 0.4) is 0 Å². The number of piperazine rings is 1. The fourth-order valence-electron chi connectivity index (χ4n) is 3.54. The van der Waals surface area contributed by atoms with E-state index < -0.39 is 10.0 Å². The van der Waals surface area contributed by atoms with Gasteiger partial charge in [0.1, 0.15) is 5.75 Å². The Morgan fingerprint density at radius 1 is 1.04 bits per heavy atom. The molecule has 0 unspecified atom stereocenters. The van der Waals surface area contributed by atoms with Gasteiger partial charge in [-0.25, -0.2) is 13.1 Å². The van der Waals surface area contributed by atoms with Crippen molar-refractivity contribution in [2.45, 2.75) is 12.7 Å². The van der Waals surface area contributed by atoms with Crippen LogP contribution in [0.5, 0.6) is 5.75 Å². The number of ether oxygens (including phenoxy) is 1. The van der Waals surface area contributed by atoms with Crippen molar-refractivity contribution in [3.63, 3.8) is 0 Å². The summed E-state index contributed by atoms with van der Waals surface area (Å²) in [6.07, 6.45) is 0. The van der Waals surface area contributed by atoms with Gasteiger partial charge in [0.25, 0.3) is 0 Å². The molecule has 0 spiro atoms. The molecule has 3 rings (SSSR count). The van der Waals surface area contributed by atoms with Gasteiger partial charge in [0.15, 0.2) is 0 Å². The number of para-hydroxylation sites is 2. The molecule has 6 nitrogen and oxygen atoms in total. The molecule has 1 fully saturated rings. The standard InChI is InChI=1S/C21H29N3O3S/c1-18-6-5-7-19(16-18)17-28(25,26)22-10-11-23-12-14-24(15-13-23)20-8-3-4-9-21(20)27-2/h3-9,16,22H,10-15,17H2,1-2H3. The Hall–Kier alpha value is -2.09. The van der Waals surface area contributed by atoms with Crippen molar-refractivity contribution in [1.82, 2.24) is 9.62 Å². The van der Waals surface area contributed by atoms with E-state index in [1.165, 1.54) is 0 Å². The van der Waals surface area contributed by atoms with E-state index in [0.717, 1.165) is 48.7 Å². The number of hydrogen-bond acceptors (Lipinski definition) is 5. The van der Waals surface area contributed by atoms with Crippen molar-refractivity contribution in [3.05, 3.63) is 59.7 Å². The first kappa shape index (κ1) is 20.6. The van der Waals surface area contributed by atoms with E-state index in [-0.39, 0.29) is 5.75 Å². The predicted molar refractivity (Wildman–Crippen MR) is 113 cm³/mol. The Balaban J connectivity index is 1.44. The third-order valence-electron chi connectivity index (χ3n) is 4.99. The molecule has 2 aromatic carbocycles. The second-order valence-electron chi connectivity index (χ2n) is 7.14. The summed E-state index contributed by atoms with van der Waals surface area (Å²) in [5, 5.41) is 0. The normalized spacial score (nSPS) is 15.6. The lowest BCUT2D eigenvalue weighted by Gasteiger charge is -2.36. The van der Waals surface area contributed by atoms with Crippen LogP contribution in [0, 0.1) is 6.92 Å². The van der Waals surface area contributed by atoms with Crippen molar-refractivity contribution in [1.29, 1.82) is 0 Å². The Morgan fingerprint density at radius 3 is 2.50 bits per heavy atom. The van der Waals surface area contributed by atoms with E-state index in [0.29, 0.717) is 13.1 Å².